The van der Waals surface area contributed by atoms with Gasteiger partial charge in [0, 0.05) is 14.1 Å². The summed E-state index contributed by atoms with van der Waals surface area (Å²) in [6.07, 6.45) is 0.392. The Hall–Kier alpha value is -3.11. The van der Waals surface area contributed by atoms with Crippen molar-refractivity contribution in [3.8, 4) is 11.5 Å². The van der Waals surface area contributed by atoms with Gasteiger partial charge in [0.05, 0.1) is 18.6 Å². The largest absolute Gasteiger partial charge is 0.497 e. The molecule has 1 aliphatic rings. The molecule has 3 amide bonds. The second-order valence-electron chi connectivity index (χ2n) is 7.48. The number of hydrogen-bond donors (Lipinski definition) is 1. The Morgan fingerprint density at radius 3 is 2.12 bits per heavy atom. The van der Waals surface area contributed by atoms with Gasteiger partial charge in [0.25, 0.3) is 5.91 Å². The lowest BCUT2D eigenvalue weighted by atomic mass is 9.87. The molecule has 0 aromatic heterocycles. The third-order valence-corrected chi connectivity index (χ3v) is 7.30. The first kappa shape index (κ1) is 23.6. The van der Waals surface area contributed by atoms with Crippen molar-refractivity contribution in [2.45, 2.75) is 23.8 Å². The van der Waals surface area contributed by atoms with Crippen LogP contribution in [0.2, 0.25) is 0 Å². The van der Waals surface area contributed by atoms with Gasteiger partial charge >= 0.3 is 6.03 Å². The summed E-state index contributed by atoms with van der Waals surface area (Å²) in [5, 5.41) is 2.82. The Bertz CT molecular complexity index is 1080. The summed E-state index contributed by atoms with van der Waals surface area (Å²) < 4.78 is 36.2. The molecule has 1 fully saturated rings. The van der Waals surface area contributed by atoms with Crippen molar-refractivity contribution in [2.24, 2.45) is 0 Å². The maximum atomic E-state index is 13.2. The summed E-state index contributed by atoms with van der Waals surface area (Å²) in [5.74, 6) is 0.754. The van der Waals surface area contributed by atoms with Crippen LogP contribution < -0.4 is 14.8 Å². The van der Waals surface area contributed by atoms with Crippen LogP contribution in [0.3, 0.4) is 0 Å². The predicted molar refractivity (Wildman–Crippen MR) is 118 cm³/mol. The number of nitrogens with one attached hydrogen (secondary N) is 1. The quantitative estimate of drug-likeness (QED) is 0.574. The summed E-state index contributed by atoms with van der Waals surface area (Å²) in [6.45, 7) is 1.97. The molecule has 1 heterocycles. The Balaban J connectivity index is 1.67. The second-order valence-corrected chi connectivity index (χ2v) is 9.63. The fourth-order valence-electron chi connectivity index (χ4n) is 3.52. The van der Waals surface area contributed by atoms with Gasteiger partial charge in [0.2, 0.25) is 10.0 Å². The number of urea groups is 1. The minimum atomic E-state index is -3.52. The molecule has 0 aliphatic carbocycles. The Labute approximate surface area is 188 Å². The molecule has 2 aromatic rings. The number of nitrogens with zero attached hydrogens (tertiary/aromatic N) is 2. The monoisotopic (exact) mass is 461 g/mol. The average molecular weight is 462 g/mol. The average Bonchev–Trinajstić information content (AvgIpc) is 3.04. The van der Waals surface area contributed by atoms with E-state index in [2.05, 4.69) is 5.32 Å². The molecule has 1 saturated heterocycles. The number of sulfonamides is 1. The number of rotatable bonds is 9. The SMILES string of the molecule is CC[C@@]1(c2ccc(OC)cc2)NC(=O)N(CCOc2ccc(S(=O)(=O)N(C)C)cc2)C1=O. The van der Waals surface area contributed by atoms with Crippen molar-refractivity contribution >= 4 is 22.0 Å². The van der Waals surface area contributed by atoms with Crippen molar-refractivity contribution in [1.29, 1.82) is 0 Å². The minimum absolute atomic E-state index is 0.0559. The maximum absolute atomic E-state index is 13.2. The number of imide groups is 1. The lowest BCUT2D eigenvalue weighted by molar-refractivity contribution is -0.132. The van der Waals surface area contributed by atoms with Gasteiger partial charge in [-0.05, 0) is 48.4 Å². The Morgan fingerprint density at radius 2 is 1.59 bits per heavy atom. The molecule has 1 atom stereocenters. The first-order valence-electron chi connectivity index (χ1n) is 10.1. The number of amides is 3. The molecule has 3 rings (SSSR count). The lowest BCUT2D eigenvalue weighted by Gasteiger charge is -2.26. The summed E-state index contributed by atoms with van der Waals surface area (Å²) in [5.41, 5.74) is -0.453. The molecule has 0 saturated carbocycles. The van der Waals surface area contributed by atoms with Crippen molar-refractivity contribution in [3.63, 3.8) is 0 Å². The normalized spacial score (nSPS) is 18.7. The van der Waals surface area contributed by atoms with Crippen molar-refractivity contribution in [3.05, 3.63) is 54.1 Å². The van der Waals surface area contributed by atoms with Crippen molar-refractivity contribution < 1.29 is 27.5 Å². The zero-order chi connectivity index (χ0) is 23.5. The van der Waals surface area contributed by atoms with Gasteiger partial charge in [-0.2, -0.15) is 0 Å². The van der Waals surface area contributed by atoms with Crippen LogP contribution in [0.1, 0.15) is 18.9 Å². The van der Waals surface area contributed by atoms with Crippen molar-refractivity contribution in [2.75, 3.05) is 34.4 Å². The molecule has 0 radical (unpaired) electrons. The van der Waals surface area contributed by atoms with Crippen LogP contribution in [0.25, 0.3) is 0 Å². The first-order chi connectivity index (χ1) is 15.2. The van der Waals surface area contributed by atoms with Crippen LogP contribution >= 0.6 is 0 Å². The molecule has 10 heteroatoms. The molecular formula is C22H27N3O6S. The van der Waals surface area contributed by atoms with Crippen LogP contribution in [-0.4, -0.2) is 63.9 Å². The molecule has 0 bridgehead atoms. The molecule has 32 heavy (non-hydrogen) atoms. The second kappa shape index (κ2) is 9.17. The van der Waals surface area contributed by atoms with E-state index in [0.29, 0.717) is 23.5 Å². The zero-order valence-electron chi connectivity index (χ0n) is 18.5. The predicted octanol–water partition coefficient (Wildman–Crippen LogP) is 2.18. The Morgan fingerprint density at radius 1 is 1.00 bits per heavy atom. The highest BCUT2D eigenvalue weighted by Gasteiger charge is 2.51. The van der Waals surface area contributed by atoms with E-state index in [0.717, 1.165) is 9.21 Å². The van der Waals surface area contributed by atoms with E-state index in [1.54, 1.807) is 31.4 Å². The molecule has 1 N–H and O–H groups in total. The summed E-state index contributed by atoms with van der Waals surface area (Å²) in [7, 11) is 0.951. The number of carbonyl (C=O) groups excluding carboxylic acids is 2. The van der Waals surface area contributed by atoms with Gasteiger partial charge in [-0.3, -0.25) is 9.69 Å². The topological polar surface area (TPSA) is 105 Å². The van der Waals surface area contributed by atoms with Gasteiger partial charge in [0.15, 0.2) is 0 Å². The van der Waals surface area contributed by atoms with E-state index in [1.165, 1.54) is 38.4 Å². The third-order valence-electron chi connectivity index (χ3n) is 5.47. The van der Waals surface area contributed by atoms with Crippen LogP contribution in [0.4, 0.5) is 4.79 Å². The van der Waals surface area contributed by atoms with Crippen molar-refractivity contribution in [1.82, 2.24) is 14.5 Å². The van der Waals surface area contributed by atoms with Crippen LogP contribution in [0, 0.1) is 0 Å². The summed E-state index contributed by atoms with van der Waals surface area (Å²) in [6, 6.07) is 12.5. The fourth-order valence-corrected chi connectivity index (χ4v) is 4.42. The highest BCUT2D eigenvalue weighted by Crippen LogP contribution is 2.33. The Kier molecular flexibility index (Phi) is 6.75. The minimum Gasteiger partial charge on any atom is -0.497 e. The van der Waals surface area contributed by atoms with Gasteiger partial charge in [-0.15, -0.1) is 0 Å². The van der Waals surface area contributed by atoms with Gasteiger partial charge < -0.3 is 14.8 Å². The number of benzene rings is 2. The molecule has 1 aliphatic heterocycles. The summed E-state index contributed by atoms with van der Waals surface area (Å²) in [4.78, 5) is 27.0. The number of methoxy groups -OCH3 is 1. The number of carbonyl (C=O) groups is 2. The van der Waals surface area contributed by atoms with Crippen LogP contribution in [0.15, 0.2) is 53.4 Å². The lowest BCUT2D eigenvalue weighted by Crippen LogP contribution is -2.43. The summed E-state index contributed by atoms with van der Waals surface area (Å²) >= 11 is 0. The smallest absolute Gasteiger partial charge is 0.325 e. The molecule has 0 spiro atoms. The van der Waals surface area contributed by atoms with Gasteiger partial charge in [-0.1, -0.05) is 19.1 Å². The molecule has 2 aromatic carbocycles. The molecule has 172 valence electrons. The van der Waals surface area contributed by atoms with E-state index in [-0.39, 0.29) is 24.0 Å². The van der Waals surface area contributed by atoms with Crippen LogP contribution in [-0.2, 0) is 20.4 Å². The highest BCUT2D eigenvalue weighted by atomic mass is 32.2. The van der Waals surface area contributed by atoms with E-state index >= 15 is 0 Å². The van der Waals surface area contributed by atoms with Gasteiger partial charge in [-0.25, -0.2) is 17.5 Å². The number of hydrogen-bond acceptors (Lipinski definition) is 6. The van der Waals surface area contributed by atoms with Crippen LogP contribution in [0.5, 0.6) is 11.5 Å². The number of ether oxygens (including phenoxy) is 2. The molecule has 9 nitrogen and oxygen atoms in total. The highest BCUT2D eigenvalue weighted by molar-refractivity contribution is 7.89. The van der Waals surface area contributed by atoms with E-state index in [1.807, 2.05) is 6.92 Å². The fraction of sp³-hybridized carbons (Fsp3) is 0.364. The molecular weight excluding hydrogens is 434 g/mol. The third kappa shape index (κ3) is 4.28. The molecule has 0 unspecified atom stereocenters. The standard InChI is InChI=1S/C22H27N3O6S/c1-5-22(16-6-8-17(30-4)9-7-16)20(26)25(21(27)23-22)14-15-31-18-10-12-19(13-11-18)32(28,29)24(2)3/h6-13H,5,14-15H2,1-4H3,(H,23,27)/t22-/m0/s1. The van der Waals surface area contributed by atoms with E-state index in [4.69, 9.17) is 9.47 Å². The van der Waals surface area contributed by atoms with Gasteiger partial charge in [0.1, 0.15) is 23.6 Å². The van der Waals surface area contributed by atoms with E-state index in [9.17, 15) is 18.0 Å². The first-order valence-corrected chi connectivity index (χ1v) is 11.5. The van der Waals surface area contributed by atoms with E-state index < -0.39 is 21.6 Å². The zero-order valence-corrected chi connectivity index (χ0v) is 19.3. The maximum Gasteiger partial charge on any atom is 0.325 e.